The summed E-state index contributed by atoms with van der Waals surface area (Å²) in [7, 11) is 0. The van der Waals surface area contributed by atoms with E-state index in [1.54, 1.807) is 31.2 Å². The van der Waals surface area contributed by atoms with Gasteiger partial charge in [-0.25, -0.2) is 4.79 Å². The summed E-state index contributed by atoms with van der Waals surface area (Å²) in [5, 5.41) is 4.81. The molecule has 0 aliphatic carbocycles. The van der Waals surface area contributed by atoms with Gasteiger partial charge >= 0.3 is 11.6 Å². The lowest BCUT2D eigenvalue weighted by atomic mass is 9.93. The van der Waals surface area contributed by atoms with Crippen LogP contribution in [0.5, 0.6) is 0 Å². The minimum absolute atomic E-state index is 0.138. The molecule has 0 saturated carbocycles. The van der Waals surface area contributed by atoms with Gasteiger partial charge in [-0.1, -0.05) is 12.1 Å². The highest BCUT2D eigenvalue weighted by atomic mass is 32.2. The fraction of sp³-hybridized carbons (Fsp3) is 0.250. The summed E-state index contributed by atoms with van der Waals surface area (Å²) in [5.41, 5.74) is -4.13. The topological polar surface area (TPSA) is 80.6 Å². The van der Waals surface area contributed by atoms with Crippen molar-refractivity contribution >= 4 is 29.4 Å². The molecule has 1 saturated heterocycles. The number of thioether (sulfide) groups is 1. The molecule has 138 valence electrons. The van der Waals surface area contributed by atoms with E-state index >= 15 is 0 Å². The molecule has 1 atom stereocenters. The quantitative estimate of drug-likeness (QED) is 0.774. The predicted octanol–water partition coefficient (Wildman–Crippen LogP) is 4.10. The molecular formula is C16H13F3N2O4S. The van der Waals surface area contributed by atoms with Gasteiger partial charge < -0.3 is 19.8 Å². The number of halogens is 3. The molecule has 1 aliphatic heterocycles. The highest BCUT2D eigenvalue weighted by Crippen LogP contribution is 2.37. The van der Waals surface area contributed by atoms with Crippen molar-refractivity contribution in [2.24, 2.45) is 0 Å². The van der Waals surface area contributed by atoms with Crippen molar-refractivity contribution in [2.75, 3.05) is 11.9 Å². The lowest BCUT2D eigenvalue weighted by Crippen LogP contribution is -2.37. The van der Waals surface area contributed by atoms with Gasteiger partial charge in [-0.15, -0.1) is 0 Å². The molecule has 2 aromatic rings. The number of ether oxygens (including phenoxy) is 1. The highest BCUT2D eigenvalue weighted by molar-refractivity contribution is 8.00. The second-order valence-electron chi connectivity index (χ2n) is 5.73. The molecule has 2 N–H and O–H groups in total. The number of carbonyl (C=O) groups is 2. The van der Waals surface area contributed by atoms with Gasteiger partial charge in [-0.3, -0.25) is 4.79 Å². The van der Waals surface area contributed by atoms with Crippen molar-refractivity contribution in [3.63, 3.8) is 0 Å². The molecule has 26 heavy (non-hydrogen) atoms. The predicted molar refractivity (Wildman–Crippen MR) is 86.9 cm³/mol. The van der Waals surface area contributed by atoms with E-state index in [2.05, 4.69) is 10.6 Å². The minimum Gasteiger partial charge on any atom is -0.447 e. The number of nitrogens with one attached hydrogen (secondary N) is 2. The number of cyclic esters (lactones) is 1. The van der Waals surface area contributed by atoms with Crippen LogP contribution in [0.1, 0.15) is 23.0 Å². The first-order valence-corrected chi connectivity index (χ1v) is 8.19. The first kappa shape index (κ1) is 18.2. The smallest absolute Gasteiger partial charge is 0.447 e. The number of anilines is 1. The molecule has 1 aromatic carbocycles. The SMILES string of the molecule is CC1(c2cccc(NC(=O)c3ccc(SC(F)(F)F)o3)c2)COC(=O)N1. The van der Waals surface area contributed by atoms with Crippen molar-refractivity contribution in [1.29, 1.82) is 0 Å². The zero-order valence-corrected chi connectivity index (χ0v) is 14.2. The molecule has 6 nitrogen and oxygen atoms in total. The summed E-state index contributed by atoms with van der Waals surface area (Å²) in [5.74, 6) is -0.932. The van der Waals surface area contributed by atoms with Gasteiger partial charge in [-0.05, 0) is 36.8 Å². The van der Waals surface area contributed by atoms with Crippen LogP contribution in [0.3, 0.4) is 0 Å². The van der Waals surface area contributed by atoms with Crippen LogP contribution in [0.25, 0.3) is 0 Å². The van der Waals surface area contributed by atoms with Crippen LogP contribution in [0, 0.1) is 0 Å². The third-order valence-corrected chi connectivity index (χ3v) is 4.30. The average molecular weight is 386 g/mol. The van der Waals surface area contributed by atoms with Crippen molar-refractivity contribution in [3.05, 3.63) is 47.7 Å². The van der Waals surface area contributed by atoms with Gasteiger partial charge in [0.2, 0.25) is 0 Å². The number of hydrogen-bond acceptors (Lipinski definition) is 5. The third-order valence-electron chi connectivity index (χ3n) is 3.65. The van der Waals surface area contributed by atoms with Gasteiger partial charge in [0.15, 0.2) is 10.9 Å². The number of amides is 2. The fourth-order valence-electron chi connectivity index (χ4n) is 2.41. The average Bonchev–Trinajstić information content (AvgIpc) is 3.13. The van der Waals surface area contributed by atoms with Gasteiger partial charge in [0.25, 0.3) is 5.91 Å². The molecule has 0 bridgehead atoms. The largest absolute Gasteiger partial charge is 0.449 e. The first-order valence-electron chi connectivity index (χ1n) is 7.37. The lowest BCUT2D eigenvalue weighted by Gasteiger charge is -2.22. The molecule has 3 rings (SSSR count). The second-order valence-corrected chi connectivity index (χ2v) is 6.80. The van der Waals surface area contributed by atoms with E-state index in [1.807, 2.05) is 0 Å². The van der Waals surface area contributed by atoms with Crippen molar-refractivity contribution in [1.82, 2.24) is 5.32 Å². The van der Waals surface area contributed by atoms with Crippen LogP contribution in [0.15, 0.2) is 45.9 Å². The van der Waals surface area contributed by atoms with Crippen molar-refractivity contribution in [2.45, 2.75) is 23.1 Å². The molecular weight excluding hydrogens is 373 g/mol. The maximum Gasteiger partial charge on any atom is 0.449 e. The maximum atomic E-state index is 12.3. The zero-order valence-electron chi connectivity index (χ0n) is 13.3. The van der Waals surface area contributed by atoms with E-state index in [-0.39, 0.29) is 12.4 Å². The Hall–Kier alpha value is -2.62. The van der Waals surface area contributed by atoms with Crippen LogP contribution in [-0.2, 0) is 10.3 Å². The van der Waals surface area contributed by atoms with E-state index < -0.39 is 39.9 Å². The summed E-state index contributed by atoms with van der Waals surface area (Å²) < 4.78 is 46.8. The Balaban J connectivity index is 1.72. The van der Waals surface area contributed by atoms with E-state index in [9.17, 15) is 22.8 Å². The molecule has 1 aromatic heterocycles. The van der Waals surface area contributed by atoms with Gasteiger partial charge in [0, 0.05) is 17.4 Å². The Morgan fingerprint density at radius 3 is 2.73 bits per heavy atom. The summed E-state index contributed by atoms with van der Waals surface area (Å²) in [4.78, 5) is 23.5. The highest BCUT2D eigenvalue weighted by Gasteiger charge is 2.36. The van der Waals surface area contributed by atoms with Gasteiger partial charge in [-0.2, -0.15) is 13.2 Å². The van der Waals surface area contributed by atoms with Crippen LogP contribution >= 0.6 is 11.8 Å². The summed E-state index contributed by atoms with van der Waals surface area (Å²) in [6, 6.07) is 8.93. The van der Waals surface area contributed by atoms with E-state index in [0.717, 1.165) is 6.07 Å². The maximum absolute atomic E-state index is 12.3. The van der Waals surface area contributed by atoms with E-state index in [4.69, 9.17) is 9.15 Å². The molecule has 10 heteroatoms. The van der Waals surface area contributed by atoms with E-state index in [0.29, 0.717) is 11.3 Å². The fourth-order valence-corrected chi connectivity index (χ4v) is 2.90. The molecule has 1 fully saturated rings. The van der Waals surface area contributed by atoms with Gasteiger partial charge in [0.05, 0.1) is 5.54 Å². The Kier molecular flexibility index (Phi) is 4.61. The third kappa shape index (κ3) is 4.13. The lowest BCUT2D eigenvalue weighted by molar-refractivity contribution is -0.0335. The normalized spacial score (nSPS) is 19.8. The number of rotatable bonds is 4. The van der Waals surface area contributed by atoms with E-state index in [1.165, 1.54) is 6.07 Å². The Bertz CT molecular complexity index is 852. The van der Waals surface area contributed by atoms with Crippen LogP contribution in [-0.4, -0.2) is 24.1 Å². The number of carbonyl (C=O) groups excluding carboxylic acids is 2. The van der Waals surface area contributed by atoms with Crippen LogP contribution < -0.4 is 10.6 Å². The van der Waals surface area contributed by atoms with Crippen molar-refractivity contribution < 1.29 is 31.9 Å². The van der Waals surface area contributed by atoms with Crippen LogP contribution in [0.4, 0.5) is 23.7 Å². The Morgan fingerprint density at radius 2 is 2.08 bits per heavy atom. The van der Waals surface area contributed by atoms with Crippen LogP contribution in [0.2, 0.25) is 0 Å². The summed E-state index contributed by atoms with van der Waals surface area (Å²) in [6.45, 7) is 1.91. The standard InChI is InChI=1S/C16H13F3N2O4S/c1-15(8-24-14(23)21-15)9-3-2-4-10(7-9)20-13(22)11-5-6-12(25-11)26-16(17,18)19/h2-7H,8H2,1H3,(H,20,22)(H,21,23). The molecule has 0 radical (unpaired) electrons. The molecule has 1 unspecified atom stereocenters. The Labute approximate surface area is 150 Å². The first-order chi connectivity index (χ1) is 12.1. The number of alkyl halides is 3. The molecule has 1 aliphatic rings. The zero-order chi connectivity index (χ0) is 18.9. The summed E-state index contributed by atoms with van der Waals surface area (Å²) >= 11 is -0.437. The number of hydrogen-bond donors (Lipinski definition) is 2. The van der Waals surface area contributed by atoms with Crippen molar-refractivity contribution in [3.8, 4) is 0 Å². The monoisotopic (exact) mass is 386 g/mol. The molecule has 2 heterocycles. The van der Waals surface area contributed by atoms with Gasteiger partial charge in [0.1, 0.15) is 6.61 Å². The number of alkyl carbamates (subject to hydrolysis) is 1. The summed E-state index contributed by atoms with van der Waals surface area (Å²) in [6.07, 6.45) is -0.535. The molecule has 2 amide bonds. The Morgan fingerprint density at radius 1 is 1.31 bits per heavy atom. The molecule has 0 spiro atoms. The second kappa shape index (κ2) is 6.60. The minimum atomic E-state index is -4.50. The number of furan rings is 1. The number of benzene rings is 1.